The van der Waals surface area contributed by atoms with Crippen molar-refractivity contribution in [1.82, 2.24) is 15.1 Å². The number of nitrogens with one attached hydrogen (secondary N) is 1. The molecule has 0 bridgehead atoms. The van der Waals surface area contributed by atoms with Crippen LogP contribution in [0, 0.1) is 0 Å². The van der Waals surface area contributed by atoms with Crippen LogP contribution in [0.1, 0.15) is 40.0 Å². The Bertz CT molecular complexity index is 730. The number of nitrogens with zero attached hydrogens (tertiary/aromatic N) is 2. The fourth-order valence-corrected chi connectivity index (χ4v) is 2.72. The third kappa shape index (κ3) is 18.6. The maximum atomic E-state index is 11.4. The number of hydrogen-bond acceptors (Lipinski definition) is 9. The summed E-state index contributed by atoms with van der Waals surface area (Å²) in [6.07, 6.45) is 5.10. The second-order valence-electron chi connectivity index (χ2n) is 7.86. The fourth-order valence-electron chi connectivity index (χ4n) is 2.72. The number of aliphatic hydroxyl groups excluding tert-OH is 4. The maximum Gasteiger partial charge on any atom is 0.250 e. The molecule has 0 aromatic carbocycles. The van der Waals surface area contributed by atoms with Gasteiger partial charge in [0, 0.05) is 87.3 Å². The summed E-state index contributed by atoms with van der Waals surface area (Å²) in [7, 11) is 0. The topological polar surface area (TPSA) is 169 Å². The number of hydrogen-bond donors (Lipinski definition) is 5. The molecule has 0 saturated carbocycles. The van der Waals surface area contributed by atoms with E-state index in [1.54, 1.807) is 30.6 Å². The maximum absolute atomic E-state index is 11.4. The molecule has 2 aliphatic rings. The summed E-state index contributed by atoms with van der Waals surface area (Å²) in [6.45, 7) is 10.3. The van der Waals surface area contributed by atoms with Crippen molar-refractivity contribution in [3.63, 3.8) is 0 Å². The summed E-state index contributed by atoms with van der Waals surface area (Å²) in [5.74, 6) is -0.308. The molecule has 2 rings (SSSR count). The van der Waals surface area contributed by atoms with E-state index in [9.17, 15) is 14.4 Å². The zero-order valence-corrected chi connectivity index (χ0v) is 23.6. The van der Waals surface area contributed by atoms with Crippen molar-refractivity contribution < 1.29 is 61.4 Å². The second-order valence-corrected chi connectivity index (χ2v) is 7.86. The van der Waals surface area contributed by atoms with Gasteiger partial charge in [0.25, 0.3) is 0 Å². The third-order valence-corrected chi connectivity index (χ3v) is 5.02. The fraction of sp³-hybridized carbons (Fsp3) is 0.640. The number of amides is 3. The molecule has 0 atom stereocenters. The molecule has 12 nitrogen and oxygen atoms in total. The Labute approximate surface area is 235 Å². The van der Waals surface area contributed by atoms with Crippen LogP contribution < -0.4 is 5.32 Å². The second kappa shape index (κ2) is 23.5. The Balaban J connectivity index is 0. The van der Waals surface area contributed by atoms with Gasteiger partial charge in [-0.15, -0.1) is 0 Å². The Morgan fingerprint density at radius 2 is 1.05 bits per heavy atom. The summed E-state index contributed by atoms with van der Waals surface area (Å²) in [4.78, 5) is 36.9. The monoisotopic (exact) mass is 585 g/mol. The van der Waals surface area contributed by atoms with Crippen molar-refractivity contribution in [2.75, 3.05) is 65.8 Å². The van der Waals surface area contributed by atoms with Crippen molar-refractivity contribution in [2.24, 2.45) is 0 Å². The number of carbonyl (C=O) groups is 3. The summed E-state index contributed by atoms with van der Waals surface area (Å²) in [6, 6.07) is 0. The van der Waals surface area contributed by atoms with Crippen molar-refractivity contribution in [2.45, 2.75) is 40.0 Å². The minimum Gasteiger partial charge on any atom is -0.512 e. The van der Waals surface area contributed by atoms with Gasteiger partial charge in [0.15, 0.2) is 0 Å². The van der Waals surface area contributed by atoms with E-state index in [2.05, 4.69) is 5.32 Å². The van der Waals surface area contributed by atoms with Crippen molar-refractivity contribution in [1.29, 1.82) is 0 Å². The van der Waals surface area contributed by atoms with Crippen LogP contribution in [0.25, 0.3) is 0 Å². The van der Waals surface area contributed by atoms with Gasteiger partial charge >= 0.3 is 0 Å². The van der Waals surface area contributed by atoms with Gasteiger partial charge in [0.05, 0.1) is 50.3 Å². The number of allylic oxidation sites excluding steroid dienone is 3. The quantitative estimate of drug-likeness (QED) is 0.160. The number of aliphatic hydroxyl groups is 4. The molecule has 2 fully saturated rings. The van der Waals surface area contributed by atoms with Gasteiger partial charge in [-0.25, -0.2) is 0 Å². The molecule has 13 heteroatoms. The van der Waals surface area contributed by atoms with Gasteiger partial charge in [-0.2, -0.15) is 0 Å². The predicted octanol–water partition coefficient (Wildman–Crippen LogP) is 1.34. The van der Waals surface area contributed by atoms with Crippen molar-refractivity contribution in [3.8, 4) is 0 Å². The molecular weight excluding hydrogens is 542 g/mol. The van der Waals surface area contributed by atoms with Gasteiger partial charge < -0.3 is 45.0 Å². The molecule has 0 aliphatic carbocycles. The van der Waals surface area contributed by atoms with Crippen LogP contribution in [0.4, 0.5) is 0 Å². The number of carbonyl (C=O) groups excluding carboxylic acids is 3. The summed E-state index contributed by atoms with van der Waals surface area (Å²) in [5, 5.41) is 37.8. The molecular formula is C25H43FeN3O9. The van der Waals surface area contributed by atoms with Gasteiger partial charge in [-0.05, 0) is 0 Å². The number of morpholine rings is 2. The molecule has 2 heterocycles. The molecule has 38 heavy (non-hydrogen) atoms. The van der Waals surface area contributed by atoms with Crippen LogP contribution in [-0.2, 0) is 40.9 Å². The summed E-state index contributed by atoms with van der Waals surface area (Å²) < 4.78 is 10.2. The third-order valence-electron chi connectivity index (χ3n) is 5.02. The molecule has 3 amide bonds. The number of rotatable bonds is 8. The zero-order valence-electron chi connectivity index (χ0n) is 22.5. The van der Waals surface area contributed by atoms with E-state index in [4.69, 9.17) is 29.9 Å². The van der Waals surface area contributed by atoms with E-state index in [-0.39, 0.29) is 65.2 Å². The molecule has 0 spiro atoms. The molecule has 220 valence electrons. The van der Waals surface area contributed by atoms with E-state index >= 15 is 0 Å². The first kappa shape index (κ1) is 37.6. The van der Waals surface area contributed by atoms with E-state index in [1.165, 1.54) is 12.2 Å². The molecule has 5 N–H and O–H groups in total. The minimum atomic E-state index is -0.376. The molecule has 0 aromatic heterocycles. The van der Waals surface area contributed by atoms with Crippen LogP contribution in [0.2, 0.25) is 0 Å². The predicted molar refractivity (Wildman–Crippen MR) is 138 cm³/mol. The first-order valence-electron chi connectivity index (χ1n) is 12.5. The van der Waals surface area contributed by atoms with Crippen molar-refractivity contribution in [3.05, 3.63) is 35.5 Å². The Morgan fingerprint density at radius 3 is 1.37 bits per heavy atom. The average Bonchev–Trinajstić information content (AvgIpc) is 2.93. The molecule has 2 aliphatic heterocycles. The molecule has 2 saturated heterocycles. The van der Waals surface area contributed by atoms with E-state index in [0.29, 0.717) is 71.9 Å². The first-order valence-corrected chi connectivity index (χ1v) is 12.5. The van der Waals surface area contributed by atoms with E-state index in [1.807, 2.05) is 0 Å². The molecule has 0 unspecified atom stereocenters. The van der Waals surface area contributed by atoms with Crippen LogP contribution >= 0.6 is 0 Å². The van der Waals surface area contributed by atoms with Crippen LogP contribution in [-0.4, -0.2) is 114 Å². The first-order chi connectivity index (χ1) is 17.7. The van der Waals surface area contributed by atoms with Crippen LogP contribution in [0.15, 0.2) is 35.5 Å². The van der Waals surface area contributed by atoms with Gasteiger partial charge in [-0.3, -0.25) is 14.4 Å². The summed E-state index contributed by atoms with van der Waals surface area (Å²) in [5.41, 5.74) is 0. The van der Waals surface area contributed by atoms with Gasteiger partial charge in [-0.1, -0.05) is 20.8 Å². The van der Waals surface area contributed by atoms with Gasteiger partial charge in [0.2, 0.25) is 17.7 Å². The van der Waals surface area contributed by atoms with Crippen LogP contribution in [0.5, 0.6) is 0 Å². The Morgan fingerprint density at radius 1 is 0.711 bits per heavy atom. The van der Waals surface area contributed by atoms with Crippen LogP contribution in [0.3, 0.4) is 0 Å². The average molecular weight is 585 g/mol. The smallest absolute Gasteiger partial charge is 0.250 e. The standard InChI is InChI=1S/2C9H15NO3.C7H13NO3.Fe/c2*1-2-8(11)7-9(12)10-3-5-13-6-4-10;1-2-6(10)5-7(11)8-3-4-9;/h2*7,11H,2-6H2,1H3;5,9-10H,2-4H2,1H3,(H,8,11);. The SMILES string of the molecule is CCC(O)=CC(=O)N1CCOCC1.CCC(O)=CC(=O)N1CCOCC1.CCC(O)=CC(=O)NCCO.[Fe]. The largest absolute Gasteiger partial charge is 0.512 e. The minimum absolute atomic E-state index is 0. The molecule has 0 radical (unpaired) electrons. The Kier molecular flexibility index (Phi) is 23.3. The molecule has 0 aromatic rings. The normalized spacial score (nSPS) is 16.2. The van der Waals surface area contributed by atoms with E-state index in [0.717, 1.165) is 6.08 Å². The van der Waals surface area contributed by atoms with E-state index < -0.39 is 0 Å². The zero-order chi connectivity index (χ0) is 28.1. The van der Waals surface area contributed by atoms with Crippen molar-refractivity contribution >= 4 is 17.7 Å². The summed E-state index contributed by atoms with van der Waals surface area (Å²) >= 11 is 0. The number of ether oxygens (including phenoxy) is 2. The van der Waals surface area contributed by atoms with Gasteiger partial charge in [0.1, 0.15) is 0 Å². The Hall–Kier alpha value is -2.57.